The smallest absolute Gasteiger partial charge is 0.0471 e. The molecule has 3 heteroatoms. The Kier molecular flexibility index (Phi) is 4.90. The number of nitrogens with zero attached hydrogens (tertiary/aromatic N) is 1. The molecule has 0 aliphatic heterocycles. The molecule has 0 heterocycles. The summed E-state index contributed by atoms with van der Waals surface area (Å²) in [5, 5.41) is 4.18. The summed E-state index contributed by atoms with van der Waals surface area (Å²) in [4.78, 5) is 2.38. The molecule has 0 amide bonds. The highest BCUT2D eigenvalue weighted by molar-refractivity contribution is 6.31. The van der Waals surface area contributed by atoms with E-state index in [0.717, 1.165) is 18.1 Å². The van der Waals surface area contributed by atoms with Crippen molar-refractivity contribution >= 4 is 17.3 Å². The fourth-order valence-electron chi connectivity index (χ4n) is 2.66. The van der Waals surface area contributed by atoms with Crippen LogP contribution in [0.3, 0.4) is 0 Å². The largest absolute Gasteiger partial charge is 0.372 e. The molecule has 0 aromatic heterocycles. The molecule has 0 spiro atoms. The fraction of sp³-hybridized carbons (Fsp3) is 0.600. The number of benzene rings is 1. The second-order valence-electron chi connectivity index (χ2n) is 5.11. The lowest BCUT2D eigenvalue weighted by atomic mass is 10.1. The highest BCUT2D eigenvalue weighted by Gasteiger charge is 2.20. The first kappa shape index (κ1) is 13.7. The number of rotatable bonds is 5. The van der Waals surface area contributed by atoms with Gasteiger partial charge in [-0.25, -0.2) is 0 Å². The van der Waals surface area contributed by atoms with Gasteiger partial charge in [0, 0.05) is 30.3 Å². The first-order valence-electron chi connectivity index (χ1n) is 6.94. The second-order valence-corrected chi connectivity index (χ2v) is 5.51. The van der Waals surface area contributed by atoms with E-state index in [1.54, 1.807) is 0 Å². The lowest BCUT2D eigenvalue weighted by Gasteiger charge is -2.27. The van der Waals surface area contributed by atoms with Crippen LogP contribution in [0.4, 0.5) is 5.69 Å². The Morgan fingerprint density at radius 2 is 2.06 bits per heavy atom. The van der Waals surface area contributed by atoms with Crippen LogP contribution in [0.25, 0.3) is 0 Å². The highest BCUT2D eigenvalue weighted by Crippen LogP contribution is 2.29. The number of halogens is 1. The zero-order valence-electron chi connectivity index (χ0n) is 11.4. The summed E-state index contributed by atoms with van der Waals surface area (Å²) < 4.78 is 0. The predicted octanol–water partition coefficient (Wildman–Crippen LogP) is 3.83. The first-order chi connectivity index (χ1) is 8.72. The van der Waals surface area contributed by atoms with Crippen molar-refractivity contribution in [3.05, 3.63) is 28.8 Å². The molecule has 1 aromatic rings. The van der Waals surface area contributed by atoms with Crippen LogP contribution >= 0.6 is 11.6 Å². The van der Waals surface area contributed by atoms with Crippen molar-refractivity contribution in [2.75, 3.05) is 18.5 Å². The quantitative estimate of drug-likeness (QED) is 0.871. The summed E-state index contributed by atoms with van der Waals surface area (Å²) in [5.74, 6) is 0. The summed E-state index contributed by atoms with van der Waals surface area (Å²) >= 11 is 6.35. The van der Waals surface area contributed by atoms with Gasteiger partial charge in [0.15, 0.2) is 0 Å². The predicted molar refractivity (Wildman–Crippen MR) is 79.5 cm³/mol. The molecule has 0 radical (unpaired) electrons. The van der Waals surface area contributed by atoms with Crippen molar-refractivity contribution in [3.8, 4) is 0 Å². The van der Waals surface area contributed by atoms with E-state index in [1.807, 2.05) is 0 Å². The molecule has 100 valence electrons. The van der Waals surface area contributed by atoms with E-state index in [1.165, 1.54) is 36.9 Å². The van der Waals surface area contributed by atoms with Gasteiger partial charge in [-0.15, -0.1) is 0 Å². The van der Waals surface area contributed by atoms with Crippen molar-refractivity contribution in [1.82, 2.24) is 5.32 Å². The maximum Gasteiger partial charge on any atom is 0.0471 e. The third-order valence-corrected chi connectivity index (χ3v) is 4.23. The Morgan fingerprint density at radius 3 is 2.67 bits per heavy atom. The number of hydrogen-bond donors (Lipinski definition) is 1. The van der Waals surface area contributed by atoms with Crippen LogP contribution in [-0.2, 0) is 6.54 Å². The van der Waals surface area contributed by atoms with Crippen molar-refractivity contribution in [3.63, 3.8) is 0 Å². The van der Waals surface area contributed by atoms with Crippen LogP contribution in [0.15, 0.2) is 18.2 Å². The van der Waals surface area contributed by atoms with Crippen LogP contribution in [0, 0.1) is 0 Å². The molecule has 2 rings (SSSR count). The van der Waals surface area contributed by atoms with Gasteiger partial charge < -0.3 is 10.2 Å². The molecular weight excluding hydrogens is 244 g/mol. The van der Waals surface area contributed by atoms with Crippen LogP contribution in [0.5, 0.6) is 0 Å². The van der Waals surface area contributed by atoms with Gasteiger partial charge in [0.2, 0.25) is 0 Å². The van der Waals surface area contributed by atoms with Crippen molar-refractivity contribution in [1.29, 1.82) is 0 Å². The maximum absolute atomic E-state index is 6.35. The van der Waals surface area contributed by atoms with E-state index in [0.29, 0.717) is 6.04 Å². The van der Waals surface area contributed by atoms with E-state index in [4.69, 9.17) is 11.6 Å². The normalized spacial score (nSPS) is 16.2. The molecule has 1 aliphatic carbocycles. The maximum atomic E-state index is 6.35. The van der Waals surface area contributed by atoms with E-state index in [9.17, 15) is 0 Å². The van der Waals surface area contributed by atoms with Crippen molar-refractivity contribution in [2.24, 2.45) is 0 Å². The van der Waals surface area contributed by atoms with Crippen molar-refractivity contribution < 1.29 is 0 Å². The summed E-state index contributed by atoms with van der Waals surface area (Å²) in [5.41, 5.74) is 2.43. The van der Waals surface area contributed by atoms with Gasteiger partial charge in [0.05, 0.1) is 0 Å². The molecule has 0 unspecified atom stereocenters. The number of hydrogen-bond acceptors (Lipinski definition) is 2. The Hall–Kier alpha value is -0.730. The average Bonchev–Trinajstić information content (AvgIpc) is 2.90. The average molecular weight is 267 g/mol. The minimum Gasteiger partial charge on any atom is -0.372 e. The Morgan fingerprint density at radius 1 is 1.33 bits per heavy atom. The van der Waals surface area contributed by atoms with Crippen LogP contribution in [0.1, 0.15) is 38.2 Å². The van der Waals surface area contributed by atoms with E-state index in [2.05, 4.69) is 42.4 Å². The zero-order chi connectivity index (χ0) is 13.0. The third kappa shape index (κ3) is 3.18. The summed E-state index contributed by atoms with van der Waals surface area (Å²) in [6.07, 6.45) is 5.35. The van der Waals surface area contributed by atoms with Gasteiger partial charge in [-0.3, -0.25) is 0 Å². The van der Waals surface area contributed by atoms with Gasteiger partial charge in [-0.1, -0.05) is 37.4 Å². The minimum absolute atomic E-state index is 0.695. The molecule has 0 atom stereocenters. The topological polar surface area (TPSA) is 15.3 Å². The summed E-state index contributed by atoms with van der Waals surface area (Å²) in [6.45, 7) is 3.93. The lowest BCUT2D eigenvalue weighted by Crippen LogP contribution is -2.28. The van der Waals surface area contributed by atoms with Crippen molar-refractivity contribution in [2.45, 2.75) is 45.2 Å². The summed E-state index contributed by atoms with van der Waals surface area (Å²) in [6, 6.07) is 7.13. The standard InChI is InChI=1S/C15H23ClN2/c1-3-17-11-12-8-9-14(10-15(12)16)18(2)13-6-4-5-7-13/h8-10,13,17H,3-7,11H2,1-2H3. The van der Waals surface area contributed by atoms with Crippen LogP contribution < -0.4 is 10.2 Å². The van der Waals surface area contributed by atoms with Gasteiger partial charge >= 0.3 is 0 Å². The first-order valence-corrected chi connectivity index (χ1v) is 7.32. The van der Waals surface area contributed by atoms with Gasteiger partial charge in [0.1, 0.15) is 0 Å². The van der Waals surface area contributed by atoms with E-state index >= 15 is 0 Å². The van der Waals surface area contributed by atoms with E-state index in [-0.39, 0.29) is 0 Å². The second kappa shape index (κ2) is 6.44. The SMILES string of the molecule is CCNCc1ccc(N(C)C2CCCC2)cc1Cl. The minimum atomic E-state index is 0.695. The molecule has 1 aromatic carbocycles. The zero-order valence-corrected chi connectivity index (χ0v) is 12.1. The van der Waals surface area contributed by atoms with E-state index < -0.39 is 0 Å². The highest BCUT2D eigenvalue weighted by atomic mass is 35.5. The molecule has 1 aliphatic rings. The molecule has 0 saturated heterocycles. The van der Waals surface area contributed by atoms with Gasteiger partial charge in [-0.2, -0.15) is 0 Å². The molecule has 1 saturated carbocycles. The molecular formula is C15H23ClN2. The number of nitrogens with one attached hydrogen (secondary N) is 1. The Balaban J connectivity index is 2.07. The molecule has 1 N–H and O–H groups in total. The van der Waals surface area contributed by atoms with Gasteiger partial charge in [-0.05, 0) is 37.1 Å². The lowest BCUT2D eigenvalue weighted by molar-refractivity contribution is 0.653. The molecule has 18 heavy (non-hydrogen) atoms. The monoisotopic (exact) mass is 266 g/mol. The fourth-order valence-corrected chi connectivity index (χ4v) is 2.90. The molecule has 2 nitrogen and oxygen atoms in total. The Labute approximate surface area is 115 Å². The van der Waals surface area contributed by atoms with Crippen LogP contribution in [-0.4, -0.2) is 19.6 Å². The molecule has 1 fully saturated rings. The third-order valence-electron chi connectivity index (χ3n) is 3.88. The van der Waals surface area contributed by atoms with Crippen LogP contribution in [0.2, 0.25) is 5.02 Å². The summed E-state index contributed by atoms with van der Waals surface area (Å²) in [7, 11) is 2.19. The number of anilines is 1. The van der Waals surface area contributed by atoms with Gasteiger partial charge in [0.25, 0.3) is 0 Å². The molecule has 0 bridgehead atoms. The Bertz CT molecular complexity index is 386.